The number of hydrogen-bond acceptors (Lipinski definition) is 3. The molecular formula is C8H15NO2. The Kier molecular flexibility index (Phi) is 3.49. The van der Waals surface area contributed by atoms with Crippen LogP contribution in [0.15, 0.2) is 5.18 Å². The number of aliphatic hydroxyl groups excluding tert-OH is 1. The summed E-state index contributed by atoms with van der Waals surface area (Å²) in [5.74, 6) is 0.980. The normalized spacial score (nSPS) is 31.7. The summed E-state index contributed by atoms with van der Waals surface area (Å²) >= 11 is 0. The number of nitroso groups, excluding NO2 is 1. The van der Waals surface area contributed by atoms with Crippen molar-refractivity contribution >= 4 is 0 Å². The van der Waals surface area contributed by atoms with E-state index in [-0.39, 0.29) is 0 Å². The number of nitrogens with zero attached hydrogens (tertiary/aromatic N) is 1. The zero-order valence-corrected chi connectivity index (χ0v) is 6.70. The maximum atomic E-state index is 9.92. The van der Waals surface area contributed by atoms with Gasteiger partial charge in [-0.3, -0.25) is 0 Å². The van der Waals surface area contributed by atoms with E-state index in [0.29, 0.717) is 25.0 Å². The van der Waals surface area contributed by atoms with Crippen LogP contribution in [-0.4, -0.2) is 18.3 Å². The largest absolute Gasteiger partial charge is 0.396 e. The minimum atomic E-state index is 0.307. The van der Waals surface area contributed by atoms with Gasteiger partial charge >= 0.3 is 0 Å². The van der Waals surface area contributed by atoms with Gasteiger partial charge in [0.15, 0.2) is 0 Å². The van der Waals surface area contributed by atoms with Gasteiger partial charge in [0.05, 0.1) is 6.54 Å². The summed E-state index contributed by atoms with van der Waals surface area (Å²) in [6, 6.07) is 0. The summed E-state index contributed by atoms with van der Waals surface area (Å²) in [5.41, 5.74) is 0. The second-order valence-electron chi connectivity index (χ2n) is 3.38. The molecule has 1 saturated carbocycles. The summed E-state index contributed by atoms with van der Waals surface area (Å²) in [7, 11) is 0. The predicted molar refractivity (Wildman–Crippen MR) is 43.2 cm³/mol. The van der Waals surface area contributed by atoms with Crippen molar-refractivity contribution < 1.29 is 5.11 Å². The van der Waals surface area contributed by atoms with Crippen molar-refractivity contribution in [1.82, 2.24) is 0 Å². The first-order valence-corrected chi connectivity index (χ1v) is 4.26. The van der Waals surface area contributed by atoms with Crippen molar-refractivity contribution in [2.45, 2.75) is 25.7 Å². The molecule has 3 heteroatoms. The van der Waals surface area contributed by atoms with Gasteiger partial charge in [0.25, 0.3) is 0 Å². The molecule has 0 aromatic rings. The van der Waals surface area contributed by atoms with Crippen molar-refractivity contribution in [1.29, 1.82) is 0 Å². The topological polar surface area (TPSA) is 49.7 Å². The summed E-state index contributed by atoms with van der Waals surface area (Å²) in [5, 5.41) is 11.7. The molecule has 1 rings (SSSR count). The van der Waals surface area contributed by atoms with Crippen LogP contribution in [0, 0.1) is 16.7 Å². The molecule has 0 aliphatic heterocycles. The van der Waals surface area contributed by atoms with Crippen molar-refractivity contribution in [3.8, 4) is 0 Å². The highest BCUT2D eigenvalue weighted by molar-refractivity contribution is 4.73. The molecule has 11 heavy (non-hydrogen) atoms. The molecule has 64 valence electrons. The zero-order valence-electron chi connectivity index (χ0n) is 6.70. The molecule has 1 aliphatic carbocycles. The molecule has 0 aromatic heterocycles. The van der Waals surface area contributed by atoms with E-state index >= 15 is 0 Å². The molecule has 3 nitrogen and oxygen atoms in total. The Bertz CT molecular complexity index is 119. The fourth-order valence-electron chi connectivity index (χ4n) is 1.70. The molecule has 0 heterocycles. The van der Waals surface area contributed by atoms with Gasteiger partial charge in [-0.1, -0.05) is 5.18 Å². The van der Waals surface area contributed by atoms with Crippen LogP contribution in [0.1, 0.15) is 25.7 Å². The van der Waals surface area contributed by atoms with Crippen LogP contribution in [0.4, 0.5) is 0 Å². The summed E-state index contributed by atoms with van der Waals surface area (Å²) < 4.78 is 0. The minimum Gasteiger partial charge on any atom is -0.396 e. The highest BCUT2D eigenvalue weighted by Gasteiger charge is 2.20. The molecule has 0 atom stereocenters. The molecule has 0 saturated heterocycles. The van der Waals surface area contributed by atoms with Gasteiger partial charge in [-0.15, -0.1) is 0 Å². The van der Waals surface area contributed by atoms with Crippen LogP contribution in [0.3, 0.4) is 0 Å². The Balaban J connectivity index is 2.18. The lowest BCUT2D eigenvalue weighted by atomic mass is 9.82. The van der Waals surface area contributed by atoms with E-state index in [4.69, 9.17) is 5.11 Å². The molecule has 0 amide bonds. The van der Waals surface area contributed by atoms with E-state index in [1.165, 1.54) is 0 Å². The summed E-state index contributed by atoms with van der Waals surface area (Å²) in [4.78, 5) is 9.92. The lowest BCUT2D eigenvalue weighted by molar-refractivity contribution is 0.169. The molecule has 0 spiro atoms. The van der Waals surface area contributed by atoms with E-state index in [0.717, 1.165) is 25.7 Å². The average molecular weight is 157 g/mol. The lowest BCUT2D eigenvalue weighted by Crippen LogP contribution is -2.18. The molecule has 0 radical (unpaired) electrons. The third kappa shape index (κ3) is 2.58. The van der Waals surface area contributed by atoms with Gasteiger partial charge < -0.3 is 5.11 Å². The van der Waals surface area contributed by atoms with Gasteiger partial charge in [0.2, 0.25) is 0 Å². The van der Waals surface area contributed by atoms with Crippen molar-refractivity contribution in [2.75, 3.05) is 13.2 Å². The van der Waals surface area contributed by atoms with Crippen LogP contribution >= 0.6 is 0 Å². The Morgan fingerprint density at radius 3 is 2.18 bits per heavy atom. The predicted octanol–water partition coefficient (Wildman–Crippen LogP) is 1.55. The zero-order chi connectivity index (χ0) is 8.10. The fourth-order valence-corrected chi connectivity index (χ4v) is 1.70. The summed E-state index contributed by atoms with van der Waals surface area (Å²) in [6.07, 6.45) is 4.27. The fraction of sp³-hybridized carbons (Fsp3) is 1.00. The first-order chi connectivity index (χ1) is 5.36. The molecule has 0 aromatic carbocycles. The van der Waals surface area contributed by atoms with Gasteiger partial charge in [-0.05, 0) is 37.5 Å². The van der Waals surface area contributed by atoms with E-state index in [9.17, 15) is 4.91 Å². The van der Waals surface area contributed by atoms with Crippen LogP contribution in [0.5, 0.6) is 0 Å². The lowest BCUT2D eigenvalue weighted by Gasteiger charge is -2.25. The Labute approximate surface area is 66.8 Å². The maximum absolute atomic E-state index is 9.92. The first-order valence-electron chi connectivity index (χ1n) is 4.26. The molecular weight excluding hydrogens is 142 g/mol. The van der Waals surface area contributed by atoms with Gasteiger partial charge in [-0.2, -0.15) is 4.91 Å². The Morgan fingerprint density at radius 1 is 1.18 bits per heavy atom. The quantitative estimate of drug-likeness (QED) is 0.632. The van der Waals surface area contributed by atoms with Gasteiger partial charge in [0, 0.05) is 6.61 Å². The molecule has 0 bridgehead atoms. The maximum Gasteiger partial charge on any atom is 0.0839 e. The molecule has 1 N–H and O–H groups in total. The highest BCUT2D eigenvalue weighted by Crippen LogP contribution is 2.28. The molecule has 1 aliphatic rings. The third-order valence-electron chi connectivity index (χ3n) is 2.56. The first kappa shape index (κ1) is 8.65. The Morgan fingerprint density at radius 2 is 1.73 bits per heavy atom. The Hall–Kier alpha value is -0.440. The molecule has 1 fully saturated rings. The van der Waals surface area contributed by atoms with Crippen molar-refractivity contribution in [2.24, 2.45) is 17.0 Å². The number of aliphatic hydroxyl groups is 1. The van der Waals surface area contributed by atoms with Gasteiger partial charge in [0.1, 0.15) is 0 Å². The number of rotatable bonds is 3. The minimum absolute atomic E-state index is 0.307. The summed E-state index contributed by atoms with van der Waals surface area (Å²) in [6.45, 7) is 0.777. The van der Waals surface area contributed by atoms with Crippen LogP contribution < -0.4 is 0 Å². The SMILES string of the molecule is O=NCC1CCC(CO)CC1. The standard InChI is InChI=1S/C8H15NO2/c10-6-8-3-1-7(2-4-8)5-9-11/h7-8,10H,1-6H2. The average Bonchev–Trinajstić information content (AvgIpc) is 2.07. The monoisotopic (exact) mass is 157 g/mol. The van der Waals surface area contributed by atoms with Crippen LogP contribution in [0.2, 0.25) is 0 Å². The van der Waals surface area contributed by atoms with Crippen molar-refractivity contribution in [3.63, 3.8) is 0 Å². The van der Waals surface area contributed by atoms with Crippen LogP contribution in [0.25, 0.3) is 0 Å². The van der Waals surface area contributed by atoms with E-state index in [1.54, 1.807) is 0 Å². The second-order valence-corrected chi connectivity index (χ2v) is 3.38. The third-order valence-corrected chi connectivity index (χ3v) is 2.56. The van der Waals surface area contributed by atoms with Crippen molar-refractivity contribution in [3.05, 3.63) is 4.91 Å². The smallest absolute Gasteiger partial charge is 0.0839 e. The second kappa shape index (κ2) is 4.44. The highest BCUT2D eigenvalue weighted by atomic mass is 16.3. The van der Waals surface area contributed by atoms with E-state index in [1.807, 2.05) is 0 Å². The molecule has 0 unspecified atom stereocenters. The van der Waals surface area contributed by atoms with E-state index in [2.05, 4.69) is 5.18 Å². The van der Waals surface area contributed by atoms with Gasteiger partial charge in [-0.25, -0.2) is 0 Å². The van der Waals surface area contributed by atoms with Crippen LogP contribution in [-0.2, 0) is 0 Å². The number of hydrogen-bond donors (Lipinski definition) is 1. The van der Waals surface area contributed by atoms with E-state index < -0.39 is 0 Å².